The lowest BCUT2D eigenvalue weighted by Gasteiger charge is -2.38. The fourth-order valence-corrected chi connectivity index (χ4v) is 8.01. The predicted octanol–water partition coefficient (Wildman–Crippen LogP) is 4.28. The molecule has 41 heavy (non-hydrogen) atoms. The molecular weight excluding hydrogens is 563 g/mol. The molecule has 0 aromatic heterocycles. The zero-order valence-corrected chi connectivity index (χ0v) is 25.5. The van der Waals surface area contributed by atoms with Crippen molar-refractivity contribution < 1.29 is 19.1 Å². The molecule has 4 aliphatic heterocycles. The lowest BCUT2D eigenvalue weighted by atomic mass is 9.73. The topological polar surface area (TPSA) is 91.0 Å². The Hall–Kier alpha value is -2.13. The zero-order chi connectivity index (χ0) is 28.0. The second-order valence-corrected chi connectivity index (χ2v) is 13.0. The van der Waals surface area contributed by atoms with Crippen LogP contribution < -0.4 is 10.6 Å². The molecule has 10 heteroatoms. The first-order chi connectivity index (χ1) is 19.3. The second-order valence-electron chi connectivity index (χ2n) is 12.5. The Kier molecular flexibility index (Phi) is 9.05. The molecule has 8 unspecified atom stereocenters. The van der Waals surface area contributed by atoms with Crippen molar-refractivity contribution in [1.82, 2.24) is 15.1 Å². The Bertz CT molecular complexity index is 1190. The number of rotatable bonds is 8. The number of nitrogens with one attached hydrogen (secondary N) is 2. The van der Waals surface area contributed by atoms with Crippen LogP contribution in [0.25, 0.3) is 0 Å². The van der Waals surface area contributed by atoms with Crippen LogP contribution in [0.2, 0.25) is 5.02 Å². The van der Waals surface area contributed by atoms with Gasteiger partial charge in [-0.1, -0.05) is 56.5 Å². The van der Waals surface area contributed by atoms with Crippen LogP contribution >= 0.6 is 24.0 Å². The van der Waals surface area contributed by atoms with E-state index in [-0.39, 0.29) is 36.2 Å². The fourth-order valence-electron chi connectivity index (χ4n) is 7.82. The molecule has 3 saturated heterocycles. The summed E-state index contributed by atoms with van der Waals surface area (Å²) in [6, 6.07) is 6.24. The van der Waals surface area contributed by atoms with Crippen LogP contribution in [0.1, 0.15) is 52.4 Å². The fraction of sp³-hybridized carbons (Fsp3) is 0.645. The van der Waals surface area contributed by atoms with Gasteiger partial charge in [0.05, 0.1) is 17.9 Å². The van der Waals surface area contributed by atoms with Gasteiger partial charge in [-0.05, 0) is 75.4 Å². The minimum absolute atomic E-state index is 0. The van der Waals surface area contributed by atoms with Gasteiger partial charge in [0.2, 0.25) is 17.7 Å². The average Bonchev–Trinajstić information content (AvgIpc) is 3.70. The number of hydrogen-bond donors (Lipinski definition) is 2. The molecule has 6 rings (SSSR count). The van der Waals surface area contributed by atoms with Crippen molar-refractivity contribution >= 4 is 47.4 Å². The van der Waals surface area contributed by atoms with Crippen molar-refractivity contribution in [3.63, 3.8) is 0 Å². The molecule has 0 radical (unpaired) electrons. The normalized spacial score (nSPS) is 35.8. The highest BCUT2D eigenvalue weighted by Gasteiger charge is 2.72. The van der Waals surface area contributed by atoms with Crippen LogP contribution in [-0.2, 0) is 19.1 Å². The van der Waals surface area contributed by atoms with Gasteiger partial charge in [-0.15, -0.1) is 12.4 Å². The number of carbonyl (C=O) groups excluding carboxylic acids is 3. The lowest BCUT2D eigenvalue weighted by Crippen LogP contribution is -2.58. The highest BCUT2D eigenvalue weighted by atomic mass is 35.5. The number of fused-ring (bicyclic) bond motifs is 1. The highest BCUT2D eigenvalue weighted by Crippen LogP contribution is 2.55. The molecule has 2 bridgehead atoms. The molecular formula is C31H42Cl2N4O4. The van der Waals surface area contributed by atoms with Crippen molar-refractivity contribution in [1.29, 1.82) is 0 Å². The molecule has 1 spiro atoms. The van der Waals surface area contributed by atoms with Crippen LogP contribution in [0.5, 0.6) is 0 Å². The van der Waals surface area contributed by atoms with Gasteiger partial charge in [0.15, 0.2) is 0 Å². The molecule has 4 fully saturated rings. The molecule has 3 amide bonds. The molecule has 8 nitrogen and oxygen atoms in total. The first-order valence-corrected chi connectivity index (χ1v) is 15.4. The largest absolute Gasteiger partial charge is 0.359 e. The van der Waals surface area contributed by atoms with Gasteiger partial charge < -0.3 is 25.2 Å². The summed E-state index contributed by atoms with van der Waals surface area (Å²) in [6.45, 7) is 7.98. The van der Waals surface area contributed by atoms with Crippen LogP contribution in [0.4, 0.5) is 5.69 Å². The summed E-state index contributed by atoms with van der Waals surface area (Å²) in [5.74, 6) is -1.18. The Morgan fingerprint density at radius 1 is 1.10 bits per heavy atom. The molecule has 5 aliphatic rings. The Morgan fingerprint density at radius 2 is 1.88 bits per heavy atom. The van der Waals surface area contributed by atoms with Crippen molar-refractivity contribution in [2.75, 3.05) is 31.5 Å². The average molecular weight is 606 g/mol. The third-order valence-electron chi connectivity index (χ3n) is 10.1. The van der Waals surface area contributed by atoms with Gasteiger partial charge in [-0.3, -0.25) is 14.4 Å². The summed E-state index contributed by atoms with van der Waals surface area (Å²) in [6.07, 6.45) is 9.59. The second kappa shape index (κ2) is 12.2. The molecule has 8 atom stereocenters. The monoisotopic (exact) mass is 604 g/mol. The van der Waals surface area contributed by atoms with Crippen molar-refractivity contribution in [2.45, 2.75) is 76.2 Å². The van der Waals surface area contributed by atoms with Gasteiger partial charge in [0.25, 0.3) is 0 Å². The number of amides is 3. The minimum Gasteiger partial charge on any atom is -0.359 e. The third kappa shape index (κ3) is 5.53. The van der Waals surface area contributed by atoms with E-state index in [1.807, 2.05) is 12.2 Å². The number of benzene rings is 1. The quantitative estimate of drug-likeness (QED) is 0.432. The summed E-state index contributed by atoms with van der Waals surface area (Å²) in [7, 11) is 0. The Morgan fingerprint density at radius 3 is 2.63 bits per heavy atom. The van der Waals surface area contributed by atoms with E-state index >= 15 is 0 Å². The number of likely N-dealkylation sites (tertiary alicyclic amines) is 2. The number of carbonyl (C=O) groups is 3. The first kappa shape index (κ1) is 30.3. The summed E-state index contributed by atoms with van der Waals surface area (Å²) >= 11 is 6.13. The summed E-state index contributed by atoms with van der Waals surface area (Å²) in [5, 5.41) is 6.79. The maximum Gasteiger partial charge on any atom is 0.246 e. The van der Waals surface area contributed by atoms with Gasteiger partial charge in [-0.25, -0.2) is 0 Å². The first-order valence-electron chi connectivity index (χ1n) is 15.1. The van der Waals surface area contributed by atoms with Gasteiger partial charge in [0, 0.05) is 23.3 Å². The van der Waals surface area contributed by atoms with Gasteiger partial charge in [0.1, 0.15) is 11.6 Å². The predicted molar refractivity (Wildman–Crippen MR) is 161 cm³/mol. The lowest BCUT2D eigenvalue weighted by molar-refractivity contribution is -0.141. The maximum absolute atomic E-state index is 14.2. The van der Waals surface area contributed by atoms with Gasteiger partial charge >= 0.3 is 0 Å². The molecule has 1 aromatic carbocycles. The van der Waals surface area contributed by atoms with Crippen LogP contribution in [0.15, 0.2) is 36.4 Å². The van der Waals surface area contributed by atoms with E-state index in [0.29, 0.717) is 29.1 Å². The van der Waals surface area contributed by atoms with Crippen molar-refractivity contribution in [2.24, 2.45) is 23.7 Å². The Balaban J connectivity index is 0.00000337. The number of halogens is 2. The molecule has 1 aromatic rings. The number of anilines is 1. The van der Waals surface area contributed by atoms with Crippen LogP contribution in [0, 0.1) is 23.7 Å². The molecule has 224 valence electrons. The van der Waals surface area contributed by atoms with E-state index in [1.165, 1.54) is 19.3 Å². The van der Waals surface area contributed by atoms with Crippen LogP contribution in [-0.4, -0.2) is 77.5 Å². The minimum atomic E-state index is -1.14. The van der Waals surface area contributed by atoms with Crippen molar-refractivity contribution in [3.05, 3.63) is 41.4 Å². The van der Waals surface area contributed by atoms with E-state index in [1.54, 1.807) is 29.2 Å². The SMILES string of the molecule is CC1CCCC(NC(=O)C2N(CCCN3CCCC3)C(=O)C3C(C(=O)Nc4cccc(Cl)c4)C4C=CC32O4)C1C.Cl. The summed E-state index contributed by atoms with van der Waals surface area (Å²) in [5.41, 5.74) is -0.569. The zero-order valence-electron chi connectivity index (χ0n) is 23.9. The molecule has 1 aliphatic carbocycles. The van der Waals surface area contributed by atoms with Crippen molar-refractivity contribution in [3.8, 4) is 0 Å². The van der Waals surface area contributed by atoms with E-state index < -0.39 is 29.6 Å². The molecule has 4 heterocycles. The van der Waals surface area contributed by atoms with E-state index in [4.69, 9.17) is 16.3 Å². The molecule has 2 N–H and O–H groups in total. The van der Waals surface area contributed by atoms with E-state index in [0.717, 1.165) is 38.9 Å². The Labute approximate surface area is 254 Å². The number of nitrogens with zero attached hydrogens (tertiary/aromatic N) is 2. The van der Waals surface area contributed by atoms with Crippen LogP contribution in [0.3, 0.4) is 0 Å². The standard InChI is InChI=1S/C31H41ClN4O4.ClH/c1-19-8-5-11-23(20(19)2)34-29(38)27-31-13-12-24(40-31)25(28(37)33-22-10-6-9-21(32)18-22)26(31)30(39)36(27)17-7-16-35-14-3-4-15-35;/h6,9-10,12-13,18-20,23-27H,3-5,7-8,11,14-17H2,1-2H3,(H,33,37)(H,34,38);1H. The summed E-state index contributed by atoms with van der Waals surface area (Å²) in [4.78, 5) is 46.1. The van der Waals surface area contributed by atoms with E-state index in [9.17, 15) is 14.4 Å². The smallest absolute Gasteiger partial charge is 0.246 e. The number of ether oxygens (including phenoxy) is 1. The number of hydrogen-bond acceptors (Lipinski definition) is 5. The maximum atomic E-state index is 14.2. The van der Waals surface area contributed by atoms with Gasteiger partial charge in [-0.2, -0.15) is 0 Å². The van der Waals surface area contributed by atoms with E-state index in [2.05, 4.69) is 29.4 Å². The molecule has 1 saturated carbocycles. The highest BCUT2D eigenvalue weighted by molar-refractivity contribution is 6.30. The summed E-state index contributed by atoms with van der Waals surface area (Å²) < 4.78 is 6.50. The third-order valence-corrected chi connectivity index (χ3v) is 10.4.